The average molecular weight is 388 g/mol. The molecule has 0 atom stereocenters. The van der Waals surface area contributed by atoms with Crippen LogP contribution in [0.25, 0.3) is 11.4 Å². The Morgan fingerprint density at radius 1 is 1.37 bits per heavy atom. The number of nitrogens with one attached hydrogen (secondary N) is 2. The molecular formula is C17H14ClN5O4. The van der Waals surface area contributed by atoms with E-state index in [4.69, 9.17) is 11.6 Å². The lowest BCUT2D eigenvalue weighted by atomic mass is 10.1. The zero-order chi connectivity index (χ0) is 19.4. The fourth-order valence-corrected chi connectivity index (χ4v) is 2.73. The molecule has 9 nitrogen and oxygen atoms in total. The van der Waals surface area contributed by atoms with Crippen LogP contribution in [0.15, 0.2) is 42.7 Å². The predicted molar refractivity (Wildman–Crippen MR) is 98.6 cm³/mol. The maximum absolute atomic E-state index is 11.7. The van der Waals surface area contributed by atoms with Gasteiger partial charge in [0.1, 0.15) is 12.0 Å². The topological polar surface area (TPSA) is 123 Å². The number of nitro groups is 1. The molecule has 0 saturated heterocycles. The summed E-state index contributed by atoms with van der Waals surface area (Å²) in [5.41, 5.74) is 1.56. The third kappa shape index (κ3) is 4.04. The number of aromatic nitrogens is 3. The maximum Gasteiger partial charge on any atom is 0.339 e. The maximum atomic E-state index is 11.7. The summed E-state index contributed by atoms with van der Waals surface area (Å²) in [6.45, 7) is 0.302. The molecule has 2 aromatic carbocycles. The van der Waals surface area contributed by atoms with Gasteiger partial charge >= 0.3 is 5.97 Å². The first kappa shape index (κ1) is 18.3. The number of methoxy groups -OCH3 is 1. The number of H-pyrrole nitrogens is 1. The molecule has 0 fully saturated rings. The van der Waals surface area contributed by atoms with Crippen molar-refractivity contribution >= 4 is 28.9 Å². The van der Waals surface area contributed by atoms with E-state index in [9.17, 15) is 14.9 Å². The Hall–Kier alpha value is -3.46. The van der Waals surface area contributed by atoms with Crippen LogP contribution in [-0.2, 0) is 11.3 Å². The number of aromatic amines is 1. The van der Waals surface area contributed by atoms with Crippen LogP contribution in [0.3, 0.4) is 0 Å². The Morgan fingerprint density at radius 3 is 2.85 bits per heavy atom. The average Bonchev–Trinajstić information content (AvgIpc) is 3.20. The van der Waals surface area contributed by atoms with Crippen molar-refractivity contribution in [3.05, 3.63) is 69.0 Å². The third-order valence-electron chi connectivity index (χ3n) is 3.79. The second-order valence-corrected chi connectivity index (χ2v) is 5.89. The van der Waals surface area contributed by atoms with E-state index in [1.54, 1.807) is 0 Å². The number of nitro benzene ring substituents is 1. The van der Waals surface area contributed by atoms with Crippen molar-refractivity contribution in [1.82, 2.24) is 15.2 Å². The van der Waals surface area contributed by atoms with Gasteiger partial charge in [0, 0.05) is 18.2 Å². The van der Waals surface area contributed by atoms with Crippen molar-refractivity contribution < 1.29 is 14.5 Å². The fourth-order valence-electron chi connectivity index (χ4n) is 2.49. The SMILES string of the molecule is COC(=O)c1cc([N+](=O)[O-])c(NCc2cccc(-c3ncn[nH]3)c2)cc1Cl. The van der Waals surface area contributed by atoms with Gasteiger partial charge in [-0.1, -0.05) is 29.8 Å². The quantitative estimate of drug-likeness (QED) is 0.377. The number of ether oxygens (including phenoxy) is 1. The number of anilines is 1. The van der Waals surface area contributed by atoms with E-state index in [-0.39, 0.29) is 22.0 Å². The Kier molecular flexibility index (Phi) is 5.32. The largest absolute Gasteiger partial charge is 0.465 e. The lowest BCUT2D eigenvalue weighted by Gasteiger charge is -2.10. The molecule has 0 radical (unpaired) electrons. The molecule has 0 unspecified atom stereocenters. The number of halogens is 1. The molecule has 2 N–H and O–H groups in total. The van der Waals surface area contributed by atoms with Crippen molar-refractivity contribution in [3.63, 3.8) is 0 Å². The number of carbonyl (C=O) groups excluding carboxylic acids is 1. The van der Waals surface area contributed by atoms with Crippen LogP contribution in [0.2, 0.25) is 5.02 Å². The molecule has 1 aromatic heterocycles. The molecule has 138 valence electrons. The molecule has 1 heterocycles. The molecule has 0 spiro atoms. The van der Waals surface area contributed by atoms with Crippen molar-refractivity contribution in [2.24, 2.45) is 0 Å². The van der Waals surface area contributed by atoms with Gasteiger partial charge in [-0.25, -0.2) is 9.78 Å². The Labute approximate surface area is 158 Å². The van der Waals surface area contributed by atoms with Crippen LogP contribution >= 0.6 is 11.6 Å². The van der Waals surface area contributed by atoms with E-state index < -0.39 is 10.9 Å². The van der Waals surface area contributed by atoms with Gasteiger partial charge in [-0.15, -0.1) is 0 Å². The molecule has 3 rings (SSSR count). The highest BCUT2D eigenvalue weighted by atomic mass is 35.5. The summed E-state index contributed by atoms with van der Waals surface area (Å²) in [5, 5.41) is 21.0. The number of hydrogen-bond acceptors (Lipinski definition) is 7. The predicted octanol–water partition coefficient (Wildman–Crippen LogP) is 3.43. The number of benzene rings is 2. The highest BCUT2D eigenvalue weighted by molar-refractivity contribution is 6.34. The number of nitrogens with zero attached hydrogens (tertiary/aromatic N) is 3. The van der Waals surface area contributed by atoms with Gasteiger partial charge in [0.2, 0.25) is 0 Å². The van der Waals surface area contributed by atoms with Crippen LogP contribution in [0.1, 0.15) is 15.9 Å². The molecule has 10 heteroatoms. The van der Waals surface area contributed by atoms with Gasteiger partial charge in [0.05, 0.1) is 22.6 Å². The van der Waals surface area contributed by atoms with Crippen LogP contribution < -0.4 is 5.32 Å². The summed E-state index contributed by atoms with van der Waals surface area (Å²) in [6.07, 6.45) is 1.41. The lowest BCUT2D eigenvalue weighted by Crippen LogP contribution is -2.07. The van der Waals surface area contributed by atoms with Gasteiger partial charge in [0.25, 0.3) is 5.69 Å². The summed E-state index contributed by atoms with van der Waals surface area (Å²) in [5.74, 6) is -0.122. The van der Waals surface area contributed by atoms with Crippen molar-refractivity contribution in [1.29, 1.82) is 0 Å². The van der Waals surface area contributed by atoms with Gasteiger partial charge < -0.3 is 10.1 Å². The first-order chi connectivity index (χ1) is 13.0. The minimum atomic E-state index is -0.741. The summed E-state index contributed by atoms with van der Waals surface area (Å²) in [4.78, 5) is 26.6. The molecule has 0 amide bonds. The smallest absolute Gasteiger partial charge is 0.339 e. The number of rotatable bonds is 6. The first-order valence-electron chi connectivity index (χ1n) is 7.74. The summed E-state index contributed by atoms with van der Waals surface area (Å²) >= 11 is 6.07. The normalized spacial score (nSPS) is 10.4. The second kappa shape index (κ2) is 7.83. The summed E-state index contributed by atoms with van der Waals surface area (Å²) in [6, 6.07) is 9.89. The molecular weight excluding hydrogens is 374 g/mol. The molecule has 0 aliphatic rings. The van der Waals surface area contributed by atoms with E-state index in [0.717, 1.165) is 17.2 Å². The van der Waals surface area contributed by atoms with E-state index >= 15 is 0 Å². The van der Waals surface area contributed by atoms with Crippen LogP contribution in [-0.4, -0.2) is 33.2 Å². The van der Waals surface area contributed by atoms with Crippen LogP contribution in [0.5, 0.6) is 0 Å². The Bertz CT molecular complexity index is 991. The number of hydrogen-bond donors (Lipinski definition) is 2. The third-order valence-corrected chi connectivity index (χ3v) is 4.10. The fraction of sp³-hybridized carbons (Fsp3) is 0.118. The minimum absolute atomic E-state index is 0.0605. The number of carbonyl (C=O) groups is 1. The Morgan fingerprint density at radius 2 is 2.19 bits per heavy atom. The van der Waals surface area contributed by atoms with E-state index in [1.807, 2.05) is 24.3 Å². The van der Waals surface area contributed by atoms with Crippen LogP contribution in [0.4, 0.5) is 11.4 Å². The number of esters is 1. The van der Waals surface area contributed by atoms with Crippen molar-refractivity contribution in [3.8, 4) is 11.4 Å². The summed E-state index contributed by atoms with van der Waals surface area (Å²) < 4.78 is 4.59. The standard InChI is InChI=1S/C17H14ClN5O4/c1-27-17(24)12-6-15(23(25)26)14(7-13(12)18)19-8-10-3-2-4-11(5-10)16-20-9-21-22-16/h2-7,9,19H,8H2,1H3,(H,20,21,22). The highest BCUT2D eigenvalue weighted by Gasteiger charge is 2.21. The molecule has 0 bridgehead atoms. The van der Waals surface area contributed by atoms with Crippen molar-refractivity contribution in [2.75, 3.05) is 12.4 Å². The van der Waals surface area contributed by atoms with E-state index in [1.165, 1.54) is 19.5 Å². The van der Waals surface area contributed by atoms with Gasteiger partial charge in [-0.05, 0) is 17.7 Å². The van der Waals surface area contributed by atoms with E-state index in [0.29, 0.717) is 12.4 Å². The molecule has 0 aliphatic carbocycles. The molecule has 27 heavy (non-hydrogen) atoms. The van der Waals surface area contributed by atoms with E-state index in [2.05, 4.69) is 25.2 Å². The molecule has 0 aliphatic heterocycles. The molecule has 0 saturated carbocycles. The highest BCUT2D eigenvalue weighted by Crippen LogP contribution is 2.32. The minimum Gasteiger partial charge on any atom is -0.465 e. The van der Waals surface area contributed by atoms with Gasteiger partial charge in [-0.2, -0.15) is 5.10 Å². The zero-order valence-electron chi connectivity index (χ0n) is 14.1. The van der Waals surface area contributed by atoms with Gasteiger partial charge in [0.15, 0.2) is 5.82 Å². The van der Waals surface area contributed by atoms with Crippen molar-refractivity contribution in [2.45, 2.75) is 6.54 Å². The van der Waals surface area contributed by atoms with Gasteiger partial charge in [-0.3, -0.25) is 15.2 Å². The lowest BCUT2D eigenvalue weighted by molar-refractivity contribution is -0.384. The monoisotopic (exact) mass is 387 g/mol. The Balaban J connectivity index is 1.86. The second-order valence-electron chi connectivity index (χ2n) is 5.49. The zero-order valence-corrected chi connectivity index (χ0v) is 14.9. The van der Waals surface area contributed by atoms with Crippen LogP contribution in [0, 0.1) is 10.1 Å². The summed E-state index contributed by atoms with van der Waals surface area (Å²) in [7, 11) is 1.18. The molecule has 3 aromatic rings. The first-order valence-corrected chi connectivity index (χ1v) is 8.12.